The van der Waals surface area contributed by atoms with Crippen LogP contribution >= 0.6 is 0 Å². The van der Waals surface area contributed by atoms with Crippen LogP contribution in [0.3, 0.4) is 0 Å². The average Bonchev–Trinajstić information content (AvgIpc) is 2.94. The lowest BCUT2D eigenvalue weighted by atomic mass is 10.0. The molecule has 1 heterocycles. The molecule has 1 amide bonds. The maximum absolute atomic E-state index is 12.1. The van der Waals surface area contributed by atoms with Gasteiger partial charge in [0.15, 0.2) is 0 Å². The van der Waals surface area contributed by atoms with E-state index in [0.717, 1.165) is 24.1 Å². The molecule has 0 radical (unpaired) electrons. The number of carbonyl (C=O) groups is 1. The lowest BCUT2D eigenvalue weighted by Gasteiger charge is -2.14. The Labute approximate surface area is 132 Å². The summed E-state index contributed by atoms with van der Waals surface area (Å²) in [6.07, 6.45) is 6.19. The Morgan fingerprint density at radius 2 is 1.91 bits per heavy atom. The molecule has 22 heavy (non-hydrogen) atoms. The molecule has 0 saturated heterocycles. The van der Waals surface area contributed by atoms with Gasteiger partial charge in [0.05, 0.1) is 18.3 Å². The standard InChI is InChI=1S/C18H25N3O/c1-14(2)9-10-15(3)20-18(22)11-16-12-19-21(13-16)17-7-5-4-6-8-17/h4-8,12-15H,9-11H2,1-3H3,(H,20,22). The number of nitrogens with one attached hydrogen (secondary N) is 1. The Kier molecular flexibility index (Phi) is 5.75. The summed E-state index contributed by atoms with van der Waals surface area (Å²) in [5, 5.41) is 7.37. The smallest absolute Gasteiger partial charge is 0.224 e. The third kappa shape index (κ3) is 5.02. The van der Waals surface area contributed by atoms with Gasteiger partial charge in [0.1, 0.15) is 0 Å². The van der Waals surface area contributed by atoms with Crippen LogP contribution in [0.5, 0.6) is 0 Å². The number of rotatable bonds is 7. The lowest BCUT2D eigenvalue weighted by molar-refractivity contribution is -0.121. The summed E-state index contributed by atoms with van der Waals surface area (Å²) >= 11 is 0. The summed E-state index contributed by atoms with van der Waals surface area (Å²) in [6, 6.07) is 10.1. The number of aromatic nitrogens is 2. The first-order valence-electron chi connectivity index (χ1n) is 7.93. The van der Waals surface area contributed by atoms with E-state index in [1.807, 2.05) is 36.5 Å². The summed E-state index contributed by atoms with van der Waals surface area (Å²) in [5.41, 5.74) is 1.93. The molecule has 0 bridgehead atoms. The highest BCUT2D eigenvalue weighted by Gasteiger charge is 2.10. The molecule has 0 fully saturated rings. The van der Waals surface area contributed by atoms with Crippen LogP contribution in [0.4, 0.5) is 0 Å². The molecule has 0 aliphatic carbocycles. The van der Waals surface area contributed by atoms with Gasteiger partial charge in [-0.2, -0.15) is 5.10 Å². The van der Waals surface area contributed by atoms with Gasteiger partial charge in [-0.25, -0.2) is 4.68 Å². The fourth-order valence-corrected chi connectivity index (χ4v) is 2.34. The van der Waals surface area contributed by atoms with Crippen molar-refractivity contribution >= 4 is 5.91 Å². The van der Waals surface area contributed by atoms with Gasteiger partial charge in [-0.15, -0.1) is 0 Å². The highest BCUT2D eigenvalue weighted by atomic mass is 16.1. The number of hydrogen-bond donors (Lipinski definition) is 1. The summed E-state index contributed by atoms with van der Waals surface area (Å²) in [5.74, 6) is 0.729. The number of hydrogen-bond acceptors (Lipinski definition) is 2. The largest absolute Gasteiger partial charge is 0.353 e. The summed E-state index contributed by atoms with van der Waals surface area (Å²) in [6.45, 7) is 6.46. The van der Waals surface area contributed by atoms with Gasteiger partial charge in [0.25, 0.3) is 0 Å². The van der Waals surface area contributed by atoms with Crippen molar-refractivity contribution in [2.75, 3.05) is 0 Å². The molecule has 0 saturated carbocycles. The van der Waals surface area contributed by atoms with Crippen molar-refractivity contribution in [3.8, 4) is 5.69 Å². The first-order chi connectivity index (χ1) is 10.5. The van der Waals surface area contributed by atoms with Crippen molar-refractivity contribution in [1.82, 2.24) is 15.1 Å². The Hall–Kier alpha value is -2.10. The number of nitrogens with zero attached hydrogens (tertiary/aromatic N) is 2. The maximum atomic E-state index is 12.1. The highest BCUT2D eigenvalue weighted by molar-refractivity contribution is 5.78. The zero-order valence-electron chi connectivity index (χ0n) is 13.6. The van der Waals surface area contributed by atoms with Crippen LogP contribution in [0.2, 0.25) is 0 Å². The second kappa shape index (κ2) is 7.78. The second-order valence-electron chi connectivity index (χ2n) is 6.25. The van der Waals surface area contributed by atoms with E-state index in [-0.39, 0.29) is 11.9 Å². The van der Waals surface area contributed by atoms with Crippen molar-refractivity contribution < 1.29 is 4.79 Å². The predicted octanol–water partition coefficient (Wildman–Crippen LogP) is 3.36. The van der Waals surface area contributed by atoms with Gasteiger partial charge in [0, 0.05) is 12.2 Å². The molecule has 2 rings (SSSR count). The molecule has 1 unspecified atom stereocenters. The van der Waals surface area contributed by atoms with Gasteiger partial charge in [-0.1, -0.05) is 32.0 Å². The minimum absolute atomic E-state index is 0.0591. The van der Waals surface area contributed by atoms with Gasteiger partial charge in [-0.05, 0) is 43.4 Å². The normalized spacial score (nSPS) is 12.4. The van der Waals surface area contributed by atoms with E-state index in [4.69, 9.17) is 0 Å². The monoisotopic (exact) mass is 299 g/mol. The molecule has 4 heteroatoms. The molecule has 118 valence electrons. The quantitative estimate of drug-likeness (QED) is 0.852. The third-order valence-electron chi connectivity index (χ3n) is 3.61. The van der Waals surface area contributed by atoms with E-state index in [2.05, 4.69) is 31.2 Å². The van der Waals surface area contributed by atoms with Crippen molar-refractivity contribution in [3.05, 3.63) is 48.3 Å². The molecule has 0 spiro atoms. The Balaban J connectivity index is 1.86. The highest BCUT2D eigenvalue weighted by Crippen LogP contribution is 2.09. The summed E-state index contributed by atoms with van der Waals surface area (Å²) in [7, 11) is 0. The molecular weight excluding hydrogens is 274 g/mol. The first kappa shape index (κ1) is 16.3. The van der Waals surface area contributed by atoms with Crippen molar-refractivity contribution in [2.45, 2.75) is 46.1 Å². The zero-order valence-corrected chi connectivity index (χ0v) is 13.6. The van der Waals surface area contributed by atoms with Crippen LogP contribution < -0.4 is 5.32 Å². The summed E-state index contributed by atoms with van der Waals surface area (Å²) in [4.78, 5) is 12.1. The van der Waals surface area contributed by atoms with E-state index in [1.165, 1.54) is 0 Å². The SMILES string of the molecule is CC(C)CCC(C)NC(=O)Cc1cnn(-c2ccccc2)c1. The molecule has 4 nitrogen and oxygen atoms in total. The number of carbonyl (C=O) groups excluding carboxylic acids is 1. The fraction of sp³-hybridized carbons (Fsp3) is 0.444. The molecule has 1 aromatic carbocycles. The van der Waals surface area contributed by atoms with Gasteiger partial charge < -0.3 is 5.32 Å². The minimum Gasteiger partial charge on any atom is -0.353 e. The molecule has 1 aromatic heterocycles. The van der Waals surface area contributed by atoms with Crippen LogP contribution in [0.1, 0.15) is 39.2 Å². The third-order valence-corrected chi connectivity index (χ3v) is 3.61. The molecular formula is C18H25N3O. The van der Waals surface area contributed by atoms with E-state index in [0.29, 0.717) is 12.3 Å². The van der Waals surface area contributed by atoms with Crippen LogP contribution in [0.15, 0.2) is 42.7 Å². The molecule has 0 aliphatic rings. The van der Waals surface area contributed by atoms with Gasteiger partial charge in [0.2, 0.25) is 5.91 Å². The topological polar surface area (TPSA) is 46.9 Å². The minimum atomic E-state index is 0.0591. The maximum Gasteiger partial charge on any atom is 0.224 e. The second-order valence-corrected chi connectivity index (χ2v) is 6.25. The number of para-hydroxylation sites is 1. The molecule has 2 aromatic rings. The Morgan fingerprint density at radius 3 is 2.59 bits per heavy atom. The van der Waals surface area contributed by atoms with Crippen LogP contribution in [-0.4, -0.2) is 21.7 Å². The molecule has 1 N–H and O–H groups in total. The zero-order chi connectivity index (χ0) is 15.9. The van der Waals surface area contributed by atoms with Crippen LogP contribution in [0, 0.1) is 5.92 Å². The van der Waals surface area contributed by atoms with Crippen molar-refractivity contribution in [2.24, 2.45) is 5.92 Å². The number of amides is 1. The van der Waals surface area contributed by atoms with Crippen LogP contribution in [-0.2, 0) is 11.2 Å². The lowest BCUT2D eigenvalue weighted by Crippen LogP contribution is -2.33. The average molecular weight is 299 g/mol. The van der Waals surface area contributed by atoms with Gasteiger partial charge >= 0.3 is 0 Å². The van der Waals surface area contributed by atoms with Crippen LogP contribution in [0.25, 0.3) is 5.69 Å². The predicted molar refractivity (Wildman–Crippen MR) is 88.9 cm³/mol. The van der Waals surface area contributed by atoms with E-state index in [1.54, 1.807) is 10.9 Å². The summed E-state index contributed by atoms with van der Waals surface area (Å²) < 4.78 is 1.80. The van der Waals surface area contributed by atoms with E-state index >= 15 is 0 Å². The Morgan fingerprint density at radius 1 is 1.18 bits per heavy atom. The molecule has 1 atom stereocenters. The van der Waals surface area contributed by atoms with Crippen molar-refractivity contribution in [3.63, 3.8) is 0 Å². The fourth-order valence-electron chi connectivity index (χ4n) is 2.34. The van der Waals surface area contributed by atoms with Gasteiger partial charge in [-0.3, -0.25) is 4.79 Å². The van der Waals surface area contributed by atoms with E-state index < -0.39 is 0 Å². The first-order valence-corrected chi connectivity index (χ1v) is 7.93. The number of benzene rings is 1. The molecule has 0 aliphatic heterocycles. The Bertz CT molecular complexity index is 589. The van der Waals surface area contributed by atoms with Crippen molar-refractivity contribution in [1.29, 1.82) is 0 Å². The van der Waals surface area contributed by atoms with E-state index in [9.17, 15) is 4.79 Å².